The highest BCUT2D eigenvalue weighted by Gasteiger charge is 2.16. The van der Waals surface area contributed by atoms with E-state index < -0.39 is 6.61 Å². The summed E-state index contributed by atoms with van der Waals surface area (Å²) in [6, 6.07) is 8.51. The summed E-state index contributed by atoms with van der Waals surface area (Å²) < 4.78 is 35.7. The van der Waals surface area contributed by atoms with Crippen LogP contribution in [0.1, 0.15) is 24.5 Å². The molecular formula is C21H27F2N5O3. The number of carbonyl (C=O) groups is 1. The van der Waals surface area contributed by atoms with E-state index in [1.54, 1.807) is 44.4 Å². The maximum Gasteiger partial charge on any atom is 0.387 e. The zero-order valence-corrected chi connectivity index (χ0v) is 17.7. The number of aliphatic imine (C=N–C) groups is 1. The van der Waals surface area contributed by atoms with Crippen LogP contribution >= 0.6 is 0 Å². The molecule has 0 aliphatic carbocycles. The van der Waals surface area contributed by atoms with Gasteiger partial charge in [0.15, 0.2) is 17.5 Å². The van der Waals surface area contributed by atoms with Crippen LogP contribution in [0.2, 0.25) is 0 Å². The molecule has 0 fully saturated rings. The van der Waals surface area contributed by atoms with Crippen molar-refractivity contribution in [1.29, 1.82) is 0 Å². The molecule has 2 rings (SSSR count). The van der Waals surface area contributed by atoms with Gasteiger partial charge in [0.2, 0.25) is 5.91 Å². The van der Waals surface area contributed by atoms with Crippen molar-refractivity contribution in [3.8, 4) is 11.5 Å². The fraction of sp³-hybridized carbons (Fsp3) is 0.381. The van der Waals surface area contributed by atoms with Crippen molar-refractivity contribution in [2.75, 3.05) is 25.5 Å². The molecule has 8 nitrogen and oxygen atoms in total. The van der Waals surface area contributed by atoms with Crippen molar-refractivity contribution in [1.82, 2.24) is 15.6 Å². The van der Waals surface area contributed by atoms with Crippen LogP contribution in [0.5, 0.6) is 11.5 Å². The summed E-state index contributed by atoms with van der Waals surface area (Å²) in [6.45, 7) is 1.50. The standard InChI is InChI=1S/C21H27F2N5O3/c1-4-30-16-7-5-6-15(19(16)31-20(22)23)13-27-21(24-3)25-11-10-18(29)28-17-9-8-14(2)12-26-17/h5-9,12,20H,4,10-11,13H2,1-3H3,(H2,24,25,27)(H,26,28,29). The van der Waals surface area contributed by atoms with Crippen LogP contribution < -0.4 is 25.4 Å². The fourth-order valence-electron chi connectivity index (χ4n) is 2.63. The number of pyridine rings is 1. The number of aryl methyl sites for hydroxylation is 1. The first-order chi connectivity index (χ1) is 14.9. The van der Waals surface area contributed by atoms with Gasteiger partial charge in [0.25, 0.3) is 0 Å². The molecule has 3 N–H and O–H groups in total. The number of para-hydroxylation sites is 1. The highest BCUT2D eigenvalue weighted by molar-refractivity contribution is 5.90. The van der Waals surface area contributed by atoms with E-state index in [0.717, 1.165) is 5.56 Å². The summed E-state index contributed by atoms with van der Waals surface area (Å²) in [5.74, 6) is 0.917. The molecule has 0 aliphatic rings. The van der Waals surface area contributed by atoms with Crippen molar-refractivity contribution in [2.45, 2.75) is 33.4 Å². The third kappa shape index (κ3) is 8.07. The third-order valence-corrected chi connectivity index (χ3v) is 4.06. The number of guanidine groups is 1. The Morgan fingerprint density at radius 3 is 2.68 bits per heavy atom. The van der Waals surface area contributed by atoms with E-state index in [1.165, 1.54) is 0 Å². The van der Waals surface area contributed by atoms with Crippen LogP contribution in [-0.2, 0) is 11.3 Å². The average molecular weight is 435 g/mol. The molecule has 0 saturated carbocycles. The van der Waals surface area contributed by atoms with E-state index in [4.69, 9.17) is 4.74 Å². The number of nitrogens with one attached hydrogen (secondary N) is 3. The van der Waals surface area contributed by atoms with E-state index in [1.807, 2.05) is 13.0 Å². The minimum Gasteiger partial charge on any atom is -0.490 e. The second-order valence-electron chi connectivity index (χ2n) is 6.43. The fourth-order valence-corrected chi connectivity index (χ4v) is 2.63. The van der Waals surface area contributed by atoms with Crippen LogP contribution in [0.3, 0.4) is 0 Å². The van der Waals surface area contributed by atoms with Gasteiger partial charge >= 0.3 is 6.61 Å². The Labute approximate surface area is 180 Å². The van der Waals surface area contributed by atoms with Gasteiger partial charge in [-0.2, -0.15) is 8.78 Å². The Balaban J connectivity index is 1.87. The minimum absolute atomic E-state index is 0.0210. The van der Waals surface area contributed by atoms with Crippen molar-refractivity contribution in [3.63, 3.8) is 0 Å². The highest BCUT2D eigenvalue weighted by atomic mass is 19.3. The number of aromatic nitrogens is 1. The highest BCUT2D eigenvalue weighted by Crippen LogP contribution is 2.32. The first kappa shape index (κ1) is 23.8. The predicted octanol–water partition coefficient (Wildman–Crippen LogP) is 3.08. The smallest absolute Gasteiger partial charge is 0.387 e. The summed E-state index contributed by atoms with van der Waals surface area (Å²) >= 11 is 0. The Kier molecular flexibility index (Phi) is 9.47. The number of ether oxygens (including phenoxy) is 2. The maximum absolute atomic E-state index is 12.8. The lowest BCUT2D eigenvalue weighted by Gasteiger charge is -2.17. The molecular weight excluding hydrogens is 408 g/mol. The molecule has 0 saturated heterocycles. The molecule has 1 heterocycles. The van der Waals surface area contributed by atoms with Crippen molar-refractivity contribution in [2.24, 2.45) is 4.99 Å². The van der Waals surface area contributed by atoms with Gasteiger partial charge in [0, 0.05) is 38.3 Å². The predicted molar refractivity (Wildman–Crippen MR) is 115 cm³/mol. The maximum atomic E-state index is 12.8. The number of hydrogen-bond acceptors (Lipinski definition) is 5. The molecule has 1 aromatic heterocycles. The number of alkyl halides is 2. The molecule has 2 aromatic rings. The number of anilines is 1. The molecule has 0 bridgehead atoms. The Bertz CT molecular complexity index is 876. The van der Waals surface area contributed by atoms with E-state index in [0.29, 0.717) is 30.5 Å². The van der Waals surface area contributed by atoms with Crippen LogP contribution in [-0.4, -0.2) is 43.7 Å². The Hall–Kier alpha value is -3.43. The van der Waals surface area contributed by atoms with Gasteiger partial charge in [-0.1, -0.05) is 18.2 Å². The van der Waals surface area contributed by atoms with Crippen LogP contribution in [0.4, 0.5) is 14.6 Å². The number of hydrogen-bond donors (Lipinski definition) is 3. The first-order valence-corrected chi connectivity index (χ1v) is 9.79. The van der Waals surface area contributed by atoms with Gasteiger partial charge in [-0.3, -0.25) is 9.79 Å². The lowest BCUT2D eigenvalue weighted by atomic mass is 10.2. The van der Waals surface area contributed by atoms with Gasteiger partial charge < -0.3 is 25.4 Å². The second kappa shape index (κ2) is 12.3. The van der Waals surface area contributed by atoms with Gasteiger partial charge in [-0.15, -0.1) is 0 Å². The zero-order chi connectivity index (χ0) is 22.6. The van der Waals surface area contributed by atoms with E-state index in [-0.39, 0.29) is 30.4 Å². The number of benzene rings is 1. The molecule has 10 heteroatoms. The van der Waals surface area contributed by atoms with Crippen molar-refractivity contribution in [3.05, 3.63) is 47.7 Å². The zero-order valence-electron chi connectivity index (χ0n) is 17.7. The number of nitrogens with zero attached hydrogens (tertiary/aromatic N) is 2. The summed E-state index contributed by atoms with van der Waals surface area (Å²) in [7, 11) is 1.57. The van der Waals surface area contributed by atoms with Gasteiger partial charge in [-0.25, -0.2) is 4.98 Å². The van der Waals surface area contributed by atoms with E-state index >= 15 is 0 Å². The lowest BCUT2D eigenvalue weighted by molar-refractivity contribution is -0.116. The van der Waals surface area contributed by atoms with Gasteiger partial charge in [0.1, 0.15) is 5.82 Å². The number of carbonyl (C=O) groups excluding carboxylic acids is 1. The number of halogens is 2. The topological polar surface area (TPSA) is 96.9 Å². The van der Waals surface area contributed by atoms with Crippen LogP contribution in [0.15, 0.2) is 41.5 Å². The molecule has 0 unspecified atom stereocenters. The molecule has 1 amide bonds. The molecule has 31 heavy (non-hydrogen) atoms. The number of rotatable bonds is 10. The second-order valence-corrected chi connectivity index (χ2v) is 6.43. The monoisotopic (exact) mass is 435 g/mol. The summed E-state index contributed by atoms with van der Waals surface area (Å²) in [4.78, 5) is 20.2. The molecule has 0 atom stereocenters. The normalized spacial score (nSPS) is 11.2. The van der Waals surface area contributed by atoms with Crippen LogP contribution in [0.25, 0.3) is 0 Å². The van der Waals surface area contributed by atoms with E-state index in [2.05, 4.69) is 30.7 Å². The Morgan fingerprint density at radius 1 is 1.23 bits per heavy atom. The summed E-state index contributed by atoms with van der Waals surface area (Å²) in [6.07, 6.45) is 1.86. The summed E-state index contributed by atoms with van der Waals surface area (Å²) in [5.41, 5.74) is 1.49. The third-order valence-electron chi connectivity index (χ3n) is 4.06. The van der Waals surface area contributed by atoms with E-state index in [9.17, 15) is 13.6 Å². The van der Waals surface area contributed by atoms with Gasteiger partial charge in [0.05, 0.1) is 6.61 Å². The average Bonchev–Trinajstić information content (AvgIpc) is 2.74. The molecule has 0 radical (unpaired) electrons. The minimum atomic E-state index is -2.97. The molecule has 1 aromatic carbocycles. The quantitative estimate of drug-likeness (QED) is 0.392. The molecule has 0 aliphatic heterocycles. The van der Waals surface area contributed by atoms with Crippen molar-refractivity contribution < 1.29 is 23.0 Å². The van der Waals surface area contributed by atoms with Crippen molar-refractivity contribution >= 4 is 17.7 Å². The van der Waals surface area contributed by atoms with Gasteiger partial charge in [-0.05, 0) is 31.5 Å². The summed E-state index contributed by atoms with van der Waals surface area (Å²) in [5, 5.41) is 8.73. The molecule has 0 spiro atoms. The number of amides is 1. The first-order valence-electron chi connectivity index (χ1n) is 9.79. The lowest BCUT2D eigenvalue weighted by Crippen LogP contribution is -2.38. The largest absolute Gasteiger partial charge is 0.490 e. The molecule has 168 valence electrons. The Morgan fingerprint density at radius 2 is 2.03 bits per heavy atom. The SMILES string of the molecule is CCOc1cccc(CNC(=NC)NCCC(=O)Nc2ccc(C)cn2)c1OC(F)F. The van der Waals surface area contributed by atoms with Crippen LogP contribution in [0, 0.1) is 6.92 Å².